The minimum Gasteiger partial charge on any atom is -0.479 e. The van der Waals surface area contributed by atoms with Crippen LogP contribution in [0.4, 0.5) is 0 Å². The number of halogens is 1. The van der Waals surface area contributed by atoms with Crippen LogP contribution in [0.1, 0.15) is 24.4 Å². The van der Waals surface area contributed by atoms with Crippen molar-refractivity contribution in [1.29, 1.82) is 0 Å². The average molecular weight is 360 g/mol. The number of aliphatic imine (C=N–C) groups is 2. The van der Waals surface area contributed by atoms with Gasteiger partial charge in [0.05, 0.1) is 0 Å². The Bertz CT molecular complexity index is 752. The topological polar surface area (TPSA) is 52.5 Å². The molecule has 3 aliphatic heterocycles. The fraction of sp³-hybridized carbons (Fsp3) is 0.556. The molecule has 1 aliphatic carbocycles. The van der Waals surface area contributed by atoms with Crippen molar-refractivity contribution in [2.45, 2.75) is 31.0 Å². The number of nitrogens with zero attached hydrogens (tertiary/aromatic N) is 4. The quantitative estimate of drug-likeness (QED) is 0.832. The number of fused-ring (bicyclic) bond motifs is 3. The van der Waals surface area contributed by atoms with Gasteiger partial charge >= 0.3 is 0 Å². The molecule has 0 amide bonds. The molecule has 1 aromatic carbocycles. The molecule has 5 rings (SSSR count). The van der Waals surface area contributed by atoms with Crippen molar-refractivity contribution >= 4 is 23.4 Å². The largest absolute Gasteiger partial charge is 0.479 e. The smallest absolute Gasteiger partial charge is 0.220 e. The molecule has 0 aromatic heterocycles. The van der Waals surface area contributed by atoms with Crippen molar-refractivity contribution in [1.82, 2.24) is 15.1 Å². The molecule has 1 saturated heterocycles. The molecule has 132 valence electrons. The van der Waals surface area contributed by atoms with Crippen LogP contribution in [-0.4, -0.2) is 67.0 Å². The minimum absolute atomic E-state index is 0.0675. The number of piperazine rings is 1. The van der Waals surface area contributed by atoms with E-state index in [1.807, 2.05) is 18.2 Å². The molecule has 4 aliphatic rings. The molecular weight excluding hydrogens is 338 g/mol. The molecule has 2 fully saturated rings. The standard InChI is InChI=1S/C18H22ClN5O/c1-23-6-8-24(9-7-23)17-16-15(21-18(22-17)20-12-3-4-12)13-10-11(19)2-5-14(13)25-16/h2,5,10,12,15-16H,3-4,6-9H2,1H3,(H,20,21). The van der Waals surface area contributed by atoms with Crippen LogP contribution in [0.3, 0.4) is 0 Å². The van der Waals surface area contributed by atoms with E-state index in [0.717, 1.165) is 54.3 Å². The van der Waals surface area contributed by atoms with E-state index in [1.165, 1.54) is 12.8 Å². The molecule has 2 unspecified atom stereocenters. The summed E-state index contributed by atoms with van der Waals surface area (Å²) in [6.45, 7) is 4.01. The molecule has 1 N–H and O–H groups in total. The van der Waals surface area contributed by atoms with Gasteiger partial charge in [0.15, 0.2) is 11.9 Å². The summed E-state index contributed by atoms with van der Waals surface area (Å²) >= 11 is 6.22. The zero-order chi connectivity index (χ0) is 17.0. The first-order valence-corrected chi connectivity index (χ1v) is 9.38. The van der Waals surface area contributed by atoms with Crippen LogP contribution >= 0.6 is 11.6 Å². The highest BCUT2D eigenvalue weighted by Gasteiger charge is 2.43. The first-order chi connectivity index (χ1) is 12.2. The fourth-order valence-corrected chi connectivity index (χ4v) is 3.83. The molecule has 1 aromatic rings. The van der Waals surface area contributed by atoms with Gasteiger partial charge in [0.1, 0.15) is 11.8 Å². The average Bonchev–Trinajstić information content (AvgIpc) is 3.35. The number of rotatable bonds is 1. The number of nitrogens with one attached hydrogen (secondary N) is 1. The molecule has 0 spiro atoms. The third-order valence-electron chi connectivity index (χ3n) is 5.31. The first kappa shape index (κ1) is 15.5. The van der Waals surface area contributed by atoms with Crippen molar-refractivity contribution in [2.75, 3.05) is 33.2 Å². The predicted molar refractivity (Wildman–Crippen MR) is 98.7 cm³/mol. The van der Waals surface area contributed by atoms with E-state index >= 15 is 0 Å². The van der Waals surface area contributed by atoms with E-state index < -0.39 is 0 Å². The third kappa shape index (κ3) is 2.87. The van der Waals surface area contributed by atoms with Crippen molar-refractivity contribution in [3.63, 3.8) is 0 Å². The molecule has 0 radical (unpaired) electrons. The van der Waals surface area contributed by atoms with Crippen molar-refractivity contribution < 1.29 is 4.74 Å². The Morgan fingerprint density at radius 1 is 1.20 bits per heavy atom. The predicted octanol–water partition coefficient (Wildman–Crippen LogP) is 1.91. The Morgan fingerprint density at radius 3 is 2.76 bits per heavy atom. The maximum atomic E-state index is 6.25. The van der Waals surface area contributed by atoms with Crippen LogP contribution in [-0.2, 0) is 0 Å². The van der Waals surface area contributed by atoms with Crippen LogP contribution in [0, 0.1) is 0 Å². The fourth-order valence-electron chi connectivity index (χ4n) is 3.65. The Balaban J connectivity index is 1.49. The zero-order valence-electron chi connectivity index (χ0n) is 14.3. The van der Waals surface area contributed by atoms with E-state index in [1.54, 1.807) is 0 Å². The number of guanidine groups is 1. The van der Waals surface area contributed by atoms with Gasteiger partial charge in [0, 0.05) is 42.8 Å². The summed E-state index contributed by atoms with van der Waals surface area (Å²) in [5.74, 6) is 2.62. The van der Waals surface area contributed by atoms with Crippen LogP contribution in [0.2, 0.25) is 5.02 Å². The summed E-state index contributed by atoms with van der Waals surface area (Å²) in [6, 6.07) is 6.25. The molecule has 1 saturated carbocycles. The SMILES string of the molecule is CN1CCN(C2=NC(NC3CC3)=NC3c4cc(Cl)ccc4OC23)CC1. The highest BCUT2D eigenvalue weighted by molar-refractivity contribution is 6.30. The maximum absolute atomic E-state index is 6.25. The van der Waals surface area contributed by atoms with E-state index in [-0.39, 0.29) is 12.1 Å². The summed E-state index contributed by atoms with van der Waals surface area (Å²) in [6.07, 6.45) is 2.25. The third-order valence-corrected chi connectivity index (χ3v) is 5.54. The second kappa shape index (κ2) is 5.88. The lowest BCUT2D eigenvalue weighted by molar-refractivity contribution is 0.189. The van der Waals surface area contributed by atoms with E-state index in [4.69, 9.17) is 26.3 Å². The van der Waals surface area contributed by atoms with Gasteiger partial charge in [0.25, 0.3) is 0 Å². The summed E-state index contributed by atoms with van der Waals surface area (Å²) < 4.78 is 6.25. The number of benzene rings is 1. The van der Waals surface area contributed by atoms with Crippen LogP contribution in [0.15, 0.2) is 28.2 Å². The summed E-state index contributed by atoms with van der Waals surface area (Å²) in [5.41, 5.74) is 1.06. The number of hydrogen-bond donors (Lipinski definition) is 1. The number of likely N-dealkylation sites (N-methyl/N-ethyl adjacent to an activating group) is 1. The molecule has 0 bridgehead atoms. The van der Waals surface area contributed by atoms with Gasteiger partial charge in [0.2, 0.25) is 5.96 Å². The van der Waals surface area contributed by atoms with Crippen LogP contribution in [0.5, 0.6) is 5.75 Å². The second-order valence-electron chi connectivity index (χ2n) is 7.30. The van der Waals surface area contributed by atoms with Gasteiger partial charge in [-0.1, -0.05) is 11.6 Å². The number of ether oxygens (including phenoxy) is 1. The molecule has 3 heterocycles. The molecule has 6 nitrogen and oxygen atoms in total. The van der Waals surface area contributed by atoms with Gasteiger partial charge in [-0.3, -0.25) is 0 Å². The molecule has 2 atom stereocenters. The second-order valence-corrected chi connectivity index (χ2v) is 7.73. The lowest BCUT2D eigenvalue weighted by Crippen LogP contribution is -2.53. The van der Waals surface area contributed by atoms with E-state index in [0.29, 0.717) is 6.04 Å². The van der Waals surface area contributed by atoms with Gasteiger partial charge < -0.3 is 19.9 Å². The van der Waals surface area contributed by atoms with Crippen LogP contribution in [0.25, 0.3) is 0 Å². The van der Waals surface area contributed by atoms with Gasteiger partial charge in [-0.05, 0) is 38.1 Å². The Morgan fingerprint density at radius 2 is 2.00 bits per heavy atom. The van der Waals surface area contributed by atoms with E-state index in [9.17, 15) is 0 Å². The maximum Gasteiger partial charge on any atom is 0.220 e. The molecule has 7 heteroatoms. The summed E-state index contributed by atoms with van der Waals surface area (Å²) in [7, 11) is 2.16. The molecule has 25 heavy (non-hydrogen) atoms. The lowest BCUT2D eigenvalue weighted by atomic mass is 10.0. The Hall–Kier alpha value is -1.79. The molecular formula is C18H22ClN5O. The minimum atomic E-state index is -0.151. The zero-order valence-corrected chi connectivity index (χ0v) is 15.0. The number of hydrogen-bond acceptors (Lipinski definition) is 6. The highest BCUT2D eigenvalue weighted by atomic mass is 35.5. The highest BCUT2D eigenvalue weighted by Crippen LogP contribution is 2.43. The van der Waals surface area contributed by atoms with E-state index in [2.05, 4.69) is 22.2 Å². The summed E-state index contributed by atoms with van der Waals surface area (Å²) in [4.78, 5) is 14.4. The Kier molecular flexibility index (Phi) is 3.64. The number of amidine groups is 1. The van der Waals surface area contributed by atoms with Gasteiger partial charge in [-0.15, -0.1) is 0 Å². The van der Waals surface area contributed by atoms with Gasteiger partial charge in [-0.25, -0.2) is 4.99 Å². The lowest BCUT2D eigenvalue weighted by Gasteiger charge is -2.38. The van der Waals surface area contributed by atoms with Crippen molar-refractivity contribution in [2.24, 2.45) is 9.98 Å². The first-order valence-electron chi connectivity index (χ1n) is 9.00. The van der Waals surface area contributed by atoms with Gasteiger partial charge in [-0.2, -0.15) is 4.99 Å². The normalized spacial score (nSPS) is 28.6. The Labute approximate surface area is 152 Å². The van der Waals surface area contributed by atoms with Crippen molar-refractivity contribution in [3.05, 3.63) is 28.8 Å². The van der Waals surface area contributed by atoms with Crippen LogP contribution < -0.4 is 10.1 Å². The summed E-state index contributed by atoms with van der Waals surface area (Å²) in [5, 5.41) is 4.19. The monoisotopic (exact) mass is 359 g/mol. The van der Waals surface area contributed by atoms with Crippen molar-refractivity contribution in [3.8, 4) is 5.75 Å².